The lowest BCUT2D eigenvalue weighted by atomic mass is 10.1. The molecule has 0 saturated heterocycles. The van der Waals surface area contributed by atoms with E-state index < -0.39 is 0 Å². The van der Waals surface area contributed by atoms with Crippen molar-refractivity contribution in [3.05, 3.63) is 69.4 Å². The quantitative estimate of drug-likeness (QED) is 0.797. The molecular weight excluding hydrogens is 333 g/mol. The maximum Gasteiger partial charge on any atom is 0.137 e. The lowest BCUT2D eigenvalue weighted by Gasteiger charge is -2.11. The summed E-state index contributed by atoms with van der Waals surface area (Å²) in [6.07, 6.45) is 0. The lowest BCUT2D eigenvalue weighted by Crippen LogP contribution is -2.15. The second-order valence-corrected chi connectivity index (χ2v) is 5.52. The first kappa shape index (κ1) is 16.1. The van der Waals surface area contributed by atoms with E-state index in [-0.39, 0.29) is 5.82 Å². The van der Waals surface area contributed by atoms with Crippen molar-refractivity contribution in [2.75, 3.05) is 6.61 Å². The monoisotopic (exact) mass is 351 g/mol. The van der Waals surface area contributed by atoms with Gasteiger partial charge in [0.05, 0.1) is 11.1 Å². The molecule has 0 spiro atoms. The average molecular weight is 352 g/mol. The van der Waals surface area contributed by atoms with Crippen molar-refractivity contribution in [1.82, 2.24) is 5.32 Å². The SMILES string of the molecule is CCOCc1ccccc1CNCc1cccc(F)c1Br. The number of nitrogens with one attached hydrogen (secondary N) is 1. The van der Waals surface area contributed by atoms with Crippen LogP contribution >= 0.6 is 15.9 Å². The molecule has 2 aromatic carbocycles. The van der Waals surface area contributed by atoms with Crippen molar-refractivity contribution in [3.8, 4) is 0 Å². The number of rotatable bonds is 7. The van der Waals surface area contributed by atoms with Gasteiger partial charge in [-0.25, -0.2) is 4.39 Å². The van der Waals surface area contributed by atoms with E-state index in [0.717, 1.165) is 12.1 Å². The summed E-state index contributed by atoms with van der Waals surface area (Å²) in [7, 11) is 0. The Morgan fingerprint density at radius 2 is 1.67 bits per heavy atom. The Balaban J connectivity index is 1.95. The lowest BCUT2D eigenvalue weighted by molar-refractivity contribution is 0.133. The van der Waals surface area contributed by atoms with Gasteiger partial charge in [0.1, 0.15) is 5.82 Å². The summed E-state index contributed by atoms with van der Waals surface area (Å²) in [6.45, 7) is 4.66. The zero-order valence-corrected chi connectivity index (χ0v) is 13.6. The van der Waals surface area contributed by atoms with Crippen LogP contribution in [0.25, 0.3) is 0 Å². The standard InChI is InChI=1S/C17H19BrFNO/c1-2-21-12-15-7-4-3-6-13(15)10-20-11-14-8-5-9-16(19)17(14)18/h3-9,20H,2,10-12H2,1H3. The molecule has 1 N–H and O–H groups in total. The van der Waals surface area contributed by atoms with Gasteiger partial charge in [0.15, 0.2) is 0 Å². The normalized spacial score (nSPS) is 10.8. The third-order valence-electron chi connectivity index (χ3n) is 3.24. The van der Waals surface area contributed by atoms with Crippen molar-refractivity contribution < 1.29 is 9.13 Å². The topological polar surface area (TPSA) is 21.3 Å². The van der Waals surface area contributed by atoms with Crippen molar-refractivity contribution >= 4 is 15.9 Å². The molecule has 112 valence electrons. The molecule has 0 radical (unpaired) electrons. The summed E-state index contributed by atoms with van der Waals surface area (Å²) in [6, 6.07) is 13.3. The molecule has 4 heteroatoms. The molecule has 0 atom stereocenters. The van der Waals surface area contributed by atoms with Crippen molar-refractivity contribution in [1.29, 1.82) is 0 Å². The predicted molar refractivity (Wildman–Crippen MR) is 86.4 cm³/mol. The number of halogens is 2. The van der Waals surface area contributed by atoms with E-state index >= 15 is 0 Å². The van der Waals surface area contributed by atoms with E-state index in [9.17, 15) is 4.39 Å². The molecule has 0 heterocycles. The highest BCUT2D eigenvalue weighted by atomic mass is 79.9. The Morgan fingerprint density at radius 1 is 1.00 bits per heavy atom. The fourth-order valence-electron chi connectivity index (χ4n) is 2.10. The minimum absolute atomic E-state index is 0.231. The van der Waals surface area contributed by atoms with E-state index in [1.807, 2.05) is 25.1 Å². The number of hydrogen-bond donors (Lipinski definition) is 1. The van der Waals surface area contributed by atoms with Crippen LogP contribution in [0.2, 0.25) is 0 Å². The molecule has 0 aliphatic rings. The zero-order chi connectivity index (χ0) is 15.1. The van der Waals surface area contributed by atoms with E-state index in [2.05, 4.69) is 33.4 Å². The van der Waals surface area contributed by atoms with Gasteiger partial charge in [0.25, 0.3) is 0 Å². The third kappa shape index (κ3) is 4.63. The highest BCUT2D eigenvalue weighted by Crippen LogP contribution is 2.20. The van der Waals surface area contributed by atoms with Gasteiger partial charge in [-0.15, -0.1) is 0 Å². The van der Waals surface area contributed by atoms with E-state index in [0.29, 0.717) is 24.2 Å². The molecule has 0 saturated carbocycles. The minimum atomic E-state index is -0.231. The van der Waals surface area contributed by atoms with Gasteiger partial charge in [-0.1, -0.05) is 36.4 Å². The molecule has 2 aromatic rings. The second kappa shape index (κ2) is 8.27. The molecule has 0 aliphatic carbocycles. The van der Waals surface area contributed by atoms with Gasteiger partial charge in [-0.2, -0.15) is 0 Å². The summed E-state index contributed by atoms with van der Waals surface area (Å²) in [5.41, 5.74) is 3.31. The van der Waals surface area contributed by atoms with E-state index in [1.165, 1.54) is 17.2 Å². The van der Waals surface area contributed by atoms with Crippen LogP contribution in [0.5, 0.6) is 0 Å². The fourth-order valence-corrected chi connectivity index (χ4v) is 2.50. The maximum absolute atomic E-state index is 13.4. The summed E-state index contributed by atoms with van der Waals surface area (Å²) in [5.74, 6) is -0.231. The Hall–Kier alpha value is -1.23. The highest BCUT2D eigenvalue weighted by Gasteiger charge is 2.05. The number of benzene rings is 2. The minimum Gasteiger partial charge on any atom is -0.377 e. The van der Waals surface area contributed by atoms with E-state index in [1.54, 1.807) is 6.07 Å². The first-order chi connectivity index (χ1) is 10.2. The number of ether oxygens (including phenoxy) is 1. The Bertz CT molecular complexity index is 589. The van der Waals surface area contributed by atoms with Crippen LogP contribution in [0.4, 0.5) is 4.39 Å². The van der Waals surface area contributed by atoms with Crippen LogP contribution in [0.1, 0.15) is 23.6 Å². The van der Waals surface area contributed by atoms with Crippen LogP contribution < -0.4 is 5.32 Å². The molecule has 0 aliphatic heterocycles. The Morgan fingerprint density at radius 3 is 2.43 bits per heavy atom. The van der Waals surface area contributed by atoms with Crippen LogP contribution in [0.3, 0.4) is 0 Å². The molecule has 2 rings (SSSR count). The molecule has 0 bridgehead atoms. The molecule has 0 unspecified atom stereocenters. The number of hydrogen-bond acceptors (Lipinski definition) is 2. The summed E-state index contributed by atoms with van der Waals surface area (Å²) < 4.78 is 19.4. The molecule has 21 heavy (non-hydrogen) atoms. The summed E-state index contributed by atoms with van der Waals surface area (Å²) >= 11 is 3.28. The maximum atomic E-state index is 13.4. The van der Waals surface area contributed by atoms with Crippen molar-refractivity contribution in [3.63, 3.8) is 0 Å². The van der Waals surface area contributed by atoms with Crippen LogP contribution in [-0.2, 0) is 24.4 Å². The van der Waals surface area contributed by atoms with Gasteiger partial charge in [0.2, 0.25) is 0 Å². The third-order valence-corrected chi connectivity index (χ3v) is 4.13. The molecule has 0 aromatic heterocycles. The second-order valence-electron chi connectivity index (χ2n) is 4.72. The van der Waals surface area contributed by atoms with Gasteiger partial charge < -0.3 is 10.1 Å². The first-order valence-electron chi connectivity index (χ1n) is 7.00. The molecule has 0 amide bonds. The first-order valence-corrected chi connectivity index (χ1v) is 7.79. The summed E-state index contributed by atoms with van der Waals surface area (Å²) in [5, 5.41) is 3.35. The van der Waals surface area contributed by atoms with Crippen molar-refractivity contribution in [2.24, 2.45) is 0 Å². The van der Waals surface area contributed by atoms with Crippen LogP contribution in [-0.4, -0.2) is 6.61 Å². The molecular formula is C17H19BrFNO. The fraction of sp³-hybridized carbons (Fsp3) is 0.294. The largest absolute Gasteiger partial charge is 0.377 e. The summed E-state index contributed by atoms with van der Waals surface area (Å²) in [4.78, 5) is 0. The van der Waals surface area contributed by atoms with Crippen molar-refractivity contribution in [2.45, 2.75) is 26.6 Å². The molecule has 2 nitrogen and oxygen atoms in total. The van der Waals surface area contributed by atoms with Crippen LogP contribution in [0.15, 0.2) is 46.9 Å². The molecule has 0 fully saturated rings. The van der Waals surface area contributed by atoms with Gasteiger partial charge in [0, 0.05) is 19.7 Å². The smallest absolute Gasteiger partial charge is 0.137 e. The highest BCUT2D eigenvalue weighted by molar-refractivity contribution is 9.10. The Labute approximate surface area is 133 Å². The van der Waals surface area contributed by atoms with E-state index in [4.69, 9.17) is 4.74 Å². The Kier molecular flexibility index (Phi) is 6.36. The van der Waals surface area contributed by atoms with Crippen LogP contribution in [0, 0.1) is 5.82 Å². The average Bonchev–Trinajstić information content (AvgIpc) is 2.50. The predicted octanol–water partition coefficient (Wildman–Crippen LogP) is 4.41. The van der Waals surface area contributed by atoms with Gasteiger partial charge >= 0.3 is 0 Å². The van der Waals surface area contributed by atoms with Gasteiger partial charge in [-0.3, -0.25) is 0 Å². The van der Waals surface area contributed by atoms with Gasteiger partial charge in [-0.05, 0) is 45.6 Å². The zero-order valence-electron chi connectivity index (χ0n) is 12.0.